The standard InChI is InChI=1S/C30H34N2O4/c1-3-11-29-13-9-17(15-29)21-23(29)27(35)31(25(21)33)19-7-5-6-8-20(19)32-26(34)22-18-10-14-30(16-18,12-4-2)24(22)28(32)36/h3-4,9-10,13-14,17-24H,1-2,5-8,11-12,15-16H2. The first-order valence-corrected chi connectivity index (χ1v) is 13.7. The van der Waals surface area contributed by atoms with Crippen molar-refractivity contribution in [1.29, 1.82) is 0 Å². The molecule has 188 valence electrons. The van der Waals surface area contributed by atoms with Crippen LogP contribution in [-0.4, -0.2) is 45.5 Å². The highest BCUT2D eigenvalue weighted by molar-refractivity contribution is 6.09. The fraction of sp³-hybridized carbons (Fsp3) is 0.600. The molecule has 0 aromatic heterocycles. The topological polar surface area (TPSA) is 74.8 Å². The first-order valence-electron chi connectivity index (χ1n) is 13.7. The van der Waals surface area contributed by atoms with Gasteiger partial charge in [-0.3, -0.25) is 29.0 Å². The Hall–Kier alpha value is -2.76. The second-order valence-corrected chi connectivity index (χ2v) is 12.4. The minimum atomic E-state index is -0.419. The van der Waals surface area contributed by atoms with Gasteiger partial charge in [0.25, 0.3) is 0 Å². The van der Waals surface area contributed by atoms with Crippen LogP contribution in [0.3, 0.4) is 0 Å². The van der Waals surface area contributed by atoms with E-state index in [1.54, 1.807) is 0 Å². The van der Waals surface area contributed by atoms with Gasteiger partial charge < -0.3 is 0 Å². The minimum Gasteiger partial charge on any atom is -0.277 e. The Kier molecular flexibility index (Phi) is 4.61. The molecule has 4 amide bonds. The molecule has 6 heteroatoms. The van der Waals surface area contributed by atoms with E-state index >= 15 is 0 Å². The van der Waals surface area contributed by atoms with Gasteiger partial charge in [-0.1, -0.05) is 49.3 Å². The van der Waals surface area contributed by atoms with Gasteiger partial charge in [0.15, 0.2) is 0 Å². The highest BCUT2D eigenvalue weighted by atomic mass is 16.2. The van der Waals surface area contributed by atoms with E-state index < -0.39 is 12.1 Å². The summed E-state index contributed by atoms with van der Waals surface area (Å²) in [6.07, 6.45) is 18.4. The number of fused-ring (bicyclic) bond motifs is 10. The quantitative estimate of drug-likeness (QED) is 0.423. The Morgan fingerprint density at radius 3 is 1.53 bits per heavy atom. The molecule has 36 heavy (non-hydrogen) atoms. The van der Waals surface area contributed by atoms with Crippen LogP contribution in [0.2, 0.25) is 0 Å². The van der Waals surface area contributed by atoms with Crippen LogP contribution < -0.4 is 0 Å². The van der Waals surface area contributed by atoms with Gasteiger partial charge in [0.1, 0.15) is 0 Å². The number of rotatable bonds is 6. The number of carbonyl (C=O) groups excluding carboxylic acids is 4. The molecule has 10 atom stereocenters. The minimum absolute atomic E-state index is 0.0910. The van der Waals surface area contributed by atoms with Crippen LogP contribution in [0.15, 0.2) is 49.6 Å². The number of amides is 4. The Labute approximate surface area is 212 Å². The summed E-state index contributed by atoms with van der Waals surface area (Å²) in [5, 5.41) is 0. The van der Waals surface area contributed by atoms with Crippen molar-refractivity contribution in [2.45, 2.75) is 63.5 Å². The van der Waals surface area contributed by atoms with Gasteiger partial charge in [-0.2, -0.15) is 0 Å². The van der Waals surface area contributed by atoms with E-state index in [0.29, 0.717) is 25.7 Å². The van der Waals surface area contributed by atoms with Crippen LogP contribution in [0.4, 0.5) is 0 Å². The third-order valence-electron chi connectivity index (χ3n) is 10.9. The van der Waals surface area contributed by atoms with Gasteiger partial charge in [0, 0.05) is 10.8 Å². The highest BCUT2D eigenvalue weighted by Crippen LogP contribution is 2.64. The lowest BCUT2D eigenvalue weighted by molar-refractivity contribution is -0.154. The maximum absolute atomic E-state index is 14.0. The van der Waals surface area contributed by atoms with Gasteiger partial charge in [0.2, 0.25) is 23.6 Å². The fourth-order valence-corrected chi connectivity index (χ4v) is 9.68. The van der Waals surface area contributed by atoms with Crippen molar-refractivity contribution in [1.82, 2.24) is 9.80 Å². The first kappa shape index (κ1) is 22.4. The average molecular weight is 487 g/mol. The van der Waals surface area contributed by atoms with Crippen molar-refractivity contribution in [3.05, 3.63) is 49.6 Å². The molecule has 7 aliphatic rings. The molecular formula is C30H34N2O4. The number of allylic oxidation sites excluding steroid dienone is 6. The fourth-order valence-electron chi connectivity index (χ4n) is 9.68. The molecule has 5 fully saturated rings. The number of hydrogen-bond acceptors (Lipinski definition) is 4. The maximum atomic E-state index is 14.0. The van der Waals surface area contributed by atoms with E-state index in [-0.39, 0.29) is 70.0 Å². The van der Waals surface area contributed by atoms with Crippen molar-refractivity contribution in [3.63, 3.8) is 0 Å². The third kappa shape index (κ3) is 2.53. The lowest BCUT2D eigenvalue weighted by Gasteiger charge is -2.42. The van der Waals surface area contributed by atoms with Gasteiger partial charge >= 0.3 is 0 Å². The zero-order valence-electron chi connectivity index (χ0n) is 20.7. The van der Waals surface area contributed by atoms with E-state index in [2.05, 4.69) is 37.5 Å². The van der Waals surface area contributed by atoms with Crippen molar-refractivity contribution in [3.8, 4) is 0 Å². The molecule has 10 unspecified atom stereocenters. The number of carbonyl (C=O) groups is 4. The van der Waals surface area contributed by atoms with Crippen LogP contribution in [0, 0.1) is 46.3 Å². The highest BCUT2D eigenvalue weighted by Gasteiger charge is 2.69. The summed E-state index contributed by atoms with van der Waals surface area (Å²) in [4.78, 5) is 58.6. The van der Waals surface area contributed by atoms with Crippen molar-refractivity contribution in [2.75, 3.05) is 0 Å². The lowest BCUT2D eigenvalue weighted by Crippen LogP contribution is -2.58. The number of hydrogen-bond donors (Lipinski definition) is 0. The predicted octanol–water partition coefficient (Wildman–Crippen LogP) is 3.80. The predicted molar refractivity (Wildman–Crippen MR) is 133 cm³/mol. The molecular weight excluding hydrogens is 452 g/mol. The summed E-state index contributed by atoms with van der Waals surface area (Å²) in [5.41, 5.74) is -0.637. The zero-order chi connectivity index (χ0) is 25.0. The molecule has 0 N–H and O–H groups in total. The van der Waals surface area contributed by atoms with Crippen LogP contribution in [0.25, 0.3) is 0 Å². The molecule has 0 aromatic carbocycles. The number of imide groups is 2. The molecule has 2 saturated heterocycles. The van der Waals surface area contributed by atoms with Gasteiger partial charge in [-0.25, -0.2) is 0 Å². The molecule has 2 aliphatic heterocycles. The Bertz CT molecular complexity index is 1080. The van der Waals surface area contributed by atoms with Crippen LogP contribution in [0.5, 0.6) is 0 Å². The van der Waals surface area contributed by atoms with E-state index in [4.69, 9.17) is 0 Å². The van der Waals surface area contributed by atoms with Crippen LogP contribution >= 0.6 is 0 Å². The van der Waals surface area contributed by atoms with Gasteiger partial charge in [-0.15, -0.1) is 13.2 Å². The van der Waals surface area contributed by atoms with E-state index in [0.717, 1.165) is 25.7 Å². The summed E-state index contributed by atoms with van der Waals surface area (Å²) in [6, 6.07) is -0.838. The molecule has 0 aromatic rings. The molecule has 6 nitrogen and oxygen atoms in total. The smallest absolute Gasteiger partial charge is 0.234 e. The van der Waals surface area contributed by atoms with E-state index in [1.165, 1.54) is 9.80 Å². The summed E-state index contributed by atoms with van der Waals surface area (Å²) in [7, 11) is 0. The monoisotopic (exact) mass is 486 g/mol. The van der Waals surface area contributed by atoms with Crippen molar-refractivity contribution < 1.29 is 19.2 Å². The Morgan fingerprint density at radius 2 is 1.14 bits per heavy atom. The summed E-state index contributed by atoms with van der Waals surface area (Å²) in [6.45, 7) is 7.82. The number of likely N-dealkylation sites (tertiary alicyclic amines) is 2. The lowest BCUT2D eigenvalue weighted by atomic mass is 9.72. The van der Waals surface area contributed by atoms with Crippen molar-refractivity contribution >= 4 is 23.6 Å². The summed E-state index contributed by atoms with van der Waals surface area (Å²) >= 11 is 0. The Balaban J connectivity index is 1.22. The van der Waals surface area contributed by atoms with Crippen molar-refractivity contribution in [2.24, 2.45) is 46.3 Å². The van der Waals surface area contributed by atoms with Gasteiger partial charge in [0.05, 0.1) is 35.8 Å². The molecule has 0 spiro atoms. The Morgan fingerprint density at radius 1 is 0.722 bits per heavy atom. The molecule has 4 bridgehead atoms. The molecule has 5 aliphatic carbocycles. The van der Waals surface area contributed by atoms with Crippen LogP contribution in [-0.2, 0) is 19.2 Å². The molecule has 0 radical (unpaired) electrons. The SMILES string of the molecule is C=CCC12C=CC(C1)C1C(=O)N(C3CCCCC3N3C(=O)C4C5C=CC(CC=C)(C5)C4C3=O)C(=O)C12. The van der Waals surface area contributed by atoms with E-state index in [9.17, 15) is 19.2 Å². The number of nitrogens with zero attached hydrogens (tertiary/aromatic N) is 2. The zero-order valence-corrected chi connectivity index (χ0v) is 20.7. The largest absolute Gasteiger partial charge is 0.277 e. The van der Waals surface area contributed by atoms with E-state index in [1.807, 2.05) is 12.2 Å². The van der Waals surface area contributed by atoms with Gasteiger partial charge in [-0.05, 0) is 50.4 Å². The second kappa shape index (κ2) is 7.39. The normalized spacial score (nSPS) is 47.9. The third-order valence-corrected chi connectivity index (χ3v) is 10.9. The second-order valence-electron chi connectivity index (χ2n) is 12.4. The first-order chi connectivity index (χ1) is 17.4. The molecule has 2 heterocycles. The van der Waals surface area contributed by atoms with Crippen LogP contribution in [0.1, 0.15) is 51.4 Å². The summed E-state index contributed by atoms with van der Waals surface area (Å²) < 4.78 is 0. The average Bonchev–Trinajstić information content (AvgIpc) is 3.67. The molecule has 7 rings (SSSR count). The molecule has 3 saturated carbocycles. The maximum Gasteiger partial charge on any atom is 0.234 e. The summed E-state index contributed by atoms with van der Waals surface area (Å²) in [5.74, 6) is -1.52.